The maximum absolute atomic E-state index is 12.1. The number of aliphatic hydroxyl groups is 1. The van der Waals surface area contributed by atoms with E-state index in [1.165, 1.54) is 31.4 Å². The summed E-state index contributed by atoms with van der Waals surface area (Å²) in [4.78, 5) is 14.5. The summed E-state index contributed by atoms with van der Waals surface area (Å²) < 4.78 is 0. The highest BCUT2D eigenvalue weighted by Crippen LogP contribution is 2.23. The van der Waals surface area contributed by atoms with Crippen LogP contribution in [0, 0.1) is 5.41 Å². The molecule has 5 nitrogen and oxygen atoms in total. The molecule has 0 saturated carbocycles. The van der Waals surface area contributed by atoms with Crippen LogP contribution in [0.15, 0.2) is 24.3 Å². The number of nitrogens with one attached hydrogen (secondary N) is 2. The van der Waals surface area contributed by atoms with Crippen molar-refractivity contribution in [3.63, 3.8) is 0 Å². The van der Waals surface area contributed by atoms with Crippen LogP contribution in [-0.4, -0.2) is 37.4 Å². The molecule has 0 bridgehead atoms. The minimum Gasteiger partial charge on any atom is -0.396 e. The van der Waals surface area contributed by atoms with E-state index in [1.807, 2.05) is 32.0 Å². The fourth-order valence-corrected chi connectivity index (χ4v) is 3.00. The van der Waals surface area contributed by atoms with E-state index in [2.05, 4.69) is 21.6 Å². The number of carbonyl (C=O) groups is 1. The molecule has 0 spiro atoms. The molecule has 1 aromatic rings. The molecule has 1 aromatic carbocycles. The Morgan fingerprint density at radius 2 is 1.92 bits per heavy atom. The number of carbonyl (C=O) groups excluding carboxylic acids is 1. The van der Waals surface area contributed by atoms with Gasteiger partial charge in [-0.1, -0.05) is 32.8 Å². The van der Waals surface area contributed by atoms with Gasteiger partial charge in [0.05, 0.1) is 0 Å². The molecule has 0 radical (unpaired) electrons. The molecule has 2 amide bonds. The van der Waals surface area contributed by atoms with E-state index in [1.54, 1.807) is 0 Å². The summed E-state index contributed by atoms with van der Waals surface area (Å²) in [5.74, 6) is 0. The molecule has 1 aliphatic rings. The van der Waals surface area contributed by atoms with Crippen LogP contribution in [0.25, 0.3) is 0 Å². The summed E-state index contributed by atoms with van der Waals surface area (Å²) in [5, 5.41) is 14.8. The van der Waals surface area contributed by atoms with Crippen molar-refractivity contribution in [3.8, 4) is 0 Å². The van der Waals surface area contributed by atoms with Gasteiger partial charge in [-0.15, -0.1) is 0 Å². The smallest absolute Gasteiger partial charge is 0.319 e. The third kappa shape index (κ3) is 6.04. The number of rotatable bonds is 6. The van der Waals surface area contributed by atoms with E-state index in [4.69, 9.17) is 5.11 Å². The lowest BCUT2D eigenvalue weighted by Crippen LogP contribution is -2.37. The molecule has 1 saturated heterocycles. The van der Waals surface area contributed by atoms with E-state index in [9.17, 15) is 4.79 Å². The van der Waals surface area contributed by atoms with Gasteiger partial charge in [-0.2, -0.15) is 0 Å². The predicted octanol–water partition coefficient (Wildman–Crippen LogP) is 3.60. The second kappa shape index (κ2) is 8.92. The Bertz CT molecular complexity index is 523. The minimum atomic E-state index is -0.200. The average Bonchev–Trinajstić information content (AvgIpc) is 2.83. The van der Waals surface area contributed by atoms with Crippen LogP contribution in [0.4, 0.5) is 16.2 Å². The molecular formula is C19H31N3O2. The van der Waals surface area contributed by atoms with Crippen molar-refractivity contribution in [3.05, 3.63) is 24.3 Å². The Morgan fingerprint density at radius 3 is 2.58 bits per heavy atom. The number of hydrogen-bond donors (Lipinski definition) is 3. The minimum absolute atomic E-state index is 0.111. The van der Waals surface area contributed by atoms with Crippen molar-refractivity contribution >= 4 is 17.4 Å². The molecule has 5 heteroatoms. The molecule has 3 N–H and O–H groups in total. The molecule has 0 unspecified atom stereocenters. The average molecular weight is 333 g/mol. The van der Waals surface area contributed by atoms with Crippen molar-refractivity contribution in [2.24, 2.45) is 5.41 Å². The first-order valence-electron chi connectivity index (χ1n) is 9.01. The number of aliphatic hydroxyl groups excluding tert-OH is 1. The number of nitrogens with zero attached hydrogens (tertiary/aromatic N) is 1. The lowest BCUT2D eigenvalue weighted by Gasteiger charge is -2.24. The third-order valence-corrected chi connectivity index (χ3v) is 4.59. The maximum Gasteiger partial charge on any atom is 0.319 e. The standard InChI is InChI=1S/C19H31N3O2/c1-19(2,10-13-23)15-20-18(24)21-16-8-7-9-17(14-16)22-11-5-3-4-6-12-22/h7-9,14,23H,3-6,10-13,15H2,1-2H3,(H2,20,21,24). The van der Waals surface area contributed by atoms with Gasteiger partial charge in [0.15, 0.2) is 0 Å². The topological polar surface area (TPSA) is 64.6 Å². The fraction of sp³-hybridized carbons (Fsp3) is 0.632. The zero-order chi connectivity index (χ0) is 17.4. The van der Waals surface area contributed by atoms with Gasteiger partial charge in [0.1, 0.15) is 0 Å². The highest BCUT2D eigenvalue weighted by atomic mass is 16.3. The predicted molar refractivity (Wildman–Crippen MR) is 99.6 cm³/mol. The molecule has 0 atom stereocenters. The van der Waals surface area contributed by atoms with Crippen molar-refractivity contribution in [1.29, 1.82) is 0 Å². The van der Waals surface area contributed by atoms with Crippen LogP contribution in [0.1, 0.15) is 46.0 Å². The lowest BCUT2D eigenvalue weighted by molar-refractivity contribution is 0.204. The third-order valence-electron chi connectivity index (χ3n) is 4.59. The van der Waals surface area contributed by atoms with Gasteiger partial charge in [0.2, 0.25) is 0 Å². The summed E-state index contributed by atoms with van der Waals surface area (Å²) in [5.41, 5.74) is 1.88. The Morgan fingerprint density at radius 1 is 1.21 bits per heavy atom. The SMILES string of the molecule is CC(C)(CCO)CNC(=O)Nc1cccc(N2CCCCCC2)c1. The Kier molecular flexibility index (Phi) is 6.91. The Hall–Kier alpha value is -1.75. The zero-order valence-corrected chi connectivity index (χ0v) is 15.0. The second-order valence-electron chi connectivity index (χ2n) is 7.40. The summed E-state index contributed by atoms with van der Waals surface area (Å²) in [6.45, 7) is 6.91. The molecular weight excluding hydrogens is 302 g/mol. The summed E-state index contributed by atoms with van der Waals surface area (Å²) >= 11 is 0. The Balaban J connectivity index is 1.90. The first kappa shape index (κ1) is 18.6. The number of hydrogen-bond acceptors (Lipinski definition) is 3. The Labute approximate surface area is 145 Å². The van der Waals surface area contributed by atoms with Crippen LogP contribution in [0.2, 0.25) is 0 Å². The number of amides is 2. The second-order valence-corrected chi connectivity index (χ2v) is 7.40. The normalized spacial score (nSPS) is 15.7. The van der Waals surface area contributed by atoms with Gasteiger partial charge in [-0.05, 0) is 42.9 Å². The molecule has 1 fully saturated rings. The van der Waals surface area contributed by atoms with Crippen LogP contribution >= 0.6 is 0 Å². The van der Waals surface area contributed by atoms with E-state index in [0.29, 0.717) is 13.0 Å². The molecule has 0 aliphatic carbocycles. The molecule has 0 aromatic heterocycles. The molecule has 1 aliphatic heterocycles. The van der Waals surface area contributed by atoms with Crippen LogP contribution in [0.5, 0.6) is 0 Å². The van der Waals surface area contributed by atoms with E-state index in [-0.39, 0.29) is 18.1 Å². The number of urea groups is 1. The highest BCUT2D eigenvalue weighted by Gasteiger charge is 2.18. The van der Waals surface area contributed by atoms with Gasteiger partial charge >= 0.3 is 6.03 Å². The quantitative estimate of drug-likeness (QED) is 0.745. The van der Waals surface area contributed by atoms with Gasteiger partial charge in [0, 0.05) is 37.6 Å². The van der Waals surface area contributed by atoms with Gasteiger partial charge < -0.3 is 20.6 Å². The van der Waals surface area contributed by atoms with Crippen LogP contribution in [0.3, 0.4) is 0 Å². The van der Waals surface area contributed by atoms with Crippen molar-refractivity contribution in [1.82, 2.24) is 5.32 Å². The highest BCUT2D eigenvalue weighted by molar-refractivity contribution is 5.89. The summed E-state index contributed by atoms with van der Waals surface area (Å²) in [6.07, 6.45) is 5.74. The maximum atomic E-state index is 12.1. The monoisotopic (exact) mass is 333 g/mol. The molecule has 2 rings (SSSR count). The molecule has 24 heavy (non-hydrogen) atoms. The van der Waals surface area contributed by atoms with Crippen molar-refractivity contribution < 1.29 is 9.90 Å². The number of benzene rings is 1. The largest absolute Gasteiger partial charge is 0.396 e. The number of anilines is 2. The van der Waals surface area contributed by atoms with E-state index < -0.39 is 0 Å². The first-order chi connectivity index (χ1) is 11.5. The van der Waals surface area contributed by atoms with Crippen molar-refractivity contribution in [2.75, 3.05) is 36.5 Å². The summed E-state index contributed by atoms with van der Waals surface area (Å²) in [7, 11) is 0. The van der Waals surface area contributed by atoms with Crippen LogP contribution in [-0.2, 0) is 0 Å². The van der Waals surface area contributed by atoms with E-state index >= 15 is 0 Å². The first-order valence-corrected chi connectivity index (χ1v) is 9.01. The summed E-state index contributed by atoms with van der Waals surface area (Å²) in [6, 6.07) is 7.86. The van der Waals surface area contributed by atoms with Crippen molar-refractivity contribution in [2.45, 2.75) is 46.0 Å². The van der Waals surface area contributed by atoms with Gasteiger partial charge in [0.25, 0.3) is 0 Å². The molecule has 1 heterocycles. The fourth-order valence-electron chi connectivity index (χ4n) is 3.00. The van der Waals surface area contributed by atoms with Gasteiger partial charge in [-0.3, -0.25) is 0 Å². The lowest BCUT2D eigenvalue weighted by atomic mass is 9.90. The van der Waals surface area contributed by atoms with E-state index in [0.717, 1.165) is 18.8 Å². The molecule has 134 valence electrons. The zero-order valence-electron chi connectivity index (χ0n) is 15.0. The van der Waals surface area contributed by atoms with Gasteiger partial charge in [-0.25, -0.2) is 4.79 Å². The van der Waals surface area contributed by atoms with Crippen LogP contribution < -0.4 is 15.5 Å².